The lowest BCUT2D eigenvalue weighted by Crippen LogP contribution is -2.19. The van der Waals surface area contributed by atoms with Crippen LogP contribution in [0.3, 0.4) is 0 Å². The predicted molar refractivity (Wildman–Crippen MR) is 85.0 cm³/mol. The van der Waals surface area contributed by atoms with Crippen molar-refractivity contribution in [2.45, 2.75) is 57.4 Å². The number of benzene rings is 1. The van der Waals surface area contributed by atoms with Crippen molar-refractivity contribution in [1.82, 2.24) is 0 Å². The molecule has 0 radical (unpaired) electrons. The maximum atomic E-state index is 5.83. The Hall–Kier alpha value is -0.340. The molecule has 2 rings (SSSR count). The Morgan fingerprint density at radius 2 is 1.95 bits per heavy atom. The maximum absolute atomic E-state index is 5.83. The van der Waals surface area contributed by atoms with Crippen molar-refractivity contribution in [3.8, 4) is 0 Å². The molecule has 1 aromatic carbocycles. The summed E-state index contributed by atoms with van der Waals surface area (Å²) in [5, 5.41) is 0. The fraction of sp³-hybridized carbons (Fsp3) is 0.647. The minimum Gasteiger partial charge on any atom is -0.378 e. The van der Waals surface area contributed by atoms with Gasteiger partial charge in [0.15, 0.2) is 0 Å². The summed E-state index contributed by atoms with van der Waals surface area (Å²) in [7, 11) is 0. The molecule has 0 aromatic heterocycles. The monoisotopic (exact) mass is 324 g/mol. The maximum Gasteiger partial charge on any atom is 0.0615 e. The Labute approximate surface area is 125 Å². The lowest BCUT2D eigenvalue weighted by atomic mass is 9.89. The number of halogens is 1. The van der Waals surface area contributed by atoms with E-state index in [1.807, 2.05) is 0 Å². The Morgan fingerprint density at radius 1 is 1.21 bits per heavy atom. The van der Waals surface area contributed by atoms with Crippen LogP contribution in [-0.2, 0) is 17.6 Å². The van der Waals surface area contributed by atoms with Crippen molar-refractivity contribution in [3.05, 3.63) is 34.9 Å². The standard InChI is InChI=1S/C17H25BrO/c1-4-12-7-8-14(11-13(12)5-2)17(18)15-9-10-19-16(15)6-3/h7-8,11,15-17H,4-6,9-10H2,1-3H3. The van der Waals surface area contributed by atoms with Crippen LogP contribution in [0.5, 0.6) is 0 Å². The minimum absolute atomic E-state index is 0.417. The van der Waals surface area contributed by atoms with Crippen molar-refractivity contribution in [2.24, 2.45) is 5.92 Å². The van der Waals surface area contributed by atoms with Gasteiger partial charge >= 0.3 is 0 Å². The first kappa shape index (κ1) is 15.1. The largest absolute Gasteiger partial charge is 0.378 e. The number of rotatable bonds is 5. The van der Waals surface area contributed by atoms with Gasteiger partial charge in [-0.15, -0.1) is 0 Å². The smallest absolute Gasteiger partial charge is 0.0615 e. The molecular formula is C17H25BrO. The molecule has 106 valence electrons. The van der Waals surface area contributed by atoms with Crippen molar-refractivity contribution < 1.29 is 4.74 Å². The molecular weight excluding hydrogens is 300 g/mol. The first-order valence-electron chi connectivity index (χ1n) is 7.58. The first-order chi connectivity index (χ1) is 9.21. The second-order valence-corrected chi connectivity index (χ2v) is 6.39. The number of ether oxygens (including phenoxy) is 1. The molecule has 3 unspecified atom stereocenters. The molecule has 0 amide bonds. The van der Waals surface area contributed by atoms with Crippen LogP contribution in [0.15, 0.2) is 18.2 Å². The third kappa shape index (κ3) is 3.22. The quantitative estimate of drug-likeness (QED) is 0.687. The van der Waals surface area contributed by atoms with Crippen molar-refractivity contribution in [1.29, 1.82) is 0 Å². The van der Waals surface area contributed by atoms with Crippen LogP contribution in [-0.4, -0.2) is 12.7 Å². The van der Waals surface area contributed by atoms with Crippen LogP contribution in [0.25, 0.3) is 0 Å². The fourth-order valence-electron chi connectivity index (χ4n) is 3.16. The van der Waals surface area contributed by atoms with Crippen molar-refractivity contribution in [2.75, 3.05) is 6.61 Å². The summed E-state index contributed by atoms with van der Waals surface area (Å²) < 4.78 is 5.83. The van der Waals surface area contributed by atoms with Gasteiger partial charge in [-0.2, -0.15) is 0 Å². The van der Waals surface area contributed by atoms with Gasteiger partial charge in [0, 0.05) is 17.4 Å². The first-order valence-corrected chi connectivity index (χ1v) is 8.50. The van der Waals surface area contributed by atoms with Gasteiger partial charge in [0.2, 0.25) is 0 Å². The van der Waals surface area contributed by atoms with E-state index in [-0.39, 0.29) is 0 Å². The van der Waals surface area contributed by atoms with Gasteiger partial charge < -0.3 is 4.74 Å². The van der Waals surface area contributed by atoms with E-state index < -0.39 is 0 Å². The van der Waals surface area contributed by atoms with Gasteiger partial charge in [0.25, 0.3) is 0 Å². The molecule has 1 aliphatic heterocycles. The van der Waals surface area contributed by atoms with Crippen LogP contribution >= 0.6 is 15.9 Å². The normalized spacial score (nSPS) is 24.6. The molecule has 1 aliphatic rings. The average Bonchev–Trinajstić information content (AvgIpc) is 2.94. The second kappa shape index (κ2) is 6.90. The highest BCUT2D eigenvalue weighted by Gasteiger charge is 2.33. The molecule has 1 fully saturated rings. The topological polar surface area (TPSA) is 9.23 Å². The van der Waals surface area contributed by atoms with E-state index in [1.165, 1.54) is 23.1 Å². The van der Waals surface area contributed by atoms with Gasteiger partial charge in [-0.1, -0.05) is 54.9 Å². The second-order valence-electron chi connectivity index (χ2n) is 5.41. The van der Waals surface area contributed by atoms with Crippen LogP contribution in [0, 0.1) is 5.92 Å². The Bertz CT molecular complexity index is 416. The van der Waals surface area contributed by atoms with E-state index in [9.17, 15) is 0 Å². The van der Waals surface area contributed by atoms with E-state index in [4.69, 9.17) is 4.74 Å². The number of aryl methyl sites for hydroxylation is 2. The molecule has 1 heterocycles. The zero-order chi connectivity index (χ0) is 13.8. The Kier molecular flexibility index (Phi) is 5.47. The summed E-state index contributed by atoms with van der Waals surface area (Å²) in [6, 6.07) is 6.99. The van der Waals surface area contributed by atoms with Crippen LogP contribution in [0.2, 0.25) is 0 Å². The van der Waals surface area contributed by atoms with E-state index in [2.05, 4.69) is 54.9 Å². The molecule has 1 aromatic rings. The summed E-state index contributed by atoms with van der Waals surface area (Å²) in [5.74, 6) is 0.613. The number of hydrogen-bond donors (Lipinski definition) is 0. The number of hydrogen-bond acceptors (Lipinski definition) is 1. The third-order valence-corrected chi connectivity index (χ3v) is 5.56. The van der Waals surface area contributed by atoms with E-state index in [0.29, 0.717) is 16.8 Å². The Balaban J connectivity index is 2.21. The molecule has 3 atom stereocenters. The predicted octanol–water partition coefficient (Wildman–Crippen LogP) is 5.06. The lowest BCUT2D eigenvalue weighted by Gasteiger charge is -2.23. The van der Waals surface area contributed by atoms with Gasteiger partial charge in [0.05, 0.1) is 6.10 Å². The Morgan fingerprint density at radius 3 is 2.58 bits per heavy atom. The molecule has 0 bridgehead atoms. The fourth-order valence-corrected chi connectivity index (χ4v) is 4.05. The summed E-state index contributed by atoms with van der Waals surface area (Å²) >= 11 is 3.92. The van der Waals surface area contributed by atoms with Gasteiger partial charge in [-0.25, -0.2) is 0 Å². The molecule has 0 saturated carbocycles. The highest BCUT2D eigenvalue weighted by Crippen LogP contribution is 2.41. The van der Waals surface area contributed by atoms with Crippen LogP contribution < -0.4 is 0 Å². The lowest BCUT2D eigenvalue weighted by molar-refractivity contribution is 0.0873. The molecule has 19 heavy (non-hydrogen) atoms. The van der Waals surface area contributed by atoms with Gasteiger partial charge in [-0.3, -0.25) is 0 Å². The highest BCUT2D eigenvalue weighted by molar-refractivity contribution is 9.09. The van der Waals surface area contributed by atoms with E-state index >= 15 is 0 Å². The summed E-state index contributed by atoms with van der Waals surface area (Å²) in [4.78, 5) is 0.427. The highest BCUT2D eigenvalue weighted by atomic mass is 79.9. The van der Waals surface area contributed by atoms with Crippen molar-refractivity contribution in [3.63, 3.8) is 0 Å². The molecule has 2 heteroatoms. The average molecular weight is 325 g/mol. The minimum atomic E-state index is 0.417. The van der Waals surface area contributed by atoms with E-state index in [1.54, 1.807) is 0 Å². The molecule has 0 aliphatic carbocycles. The molecule has 1 saturated heterocycles. The number of alkyl halides is 1. The molecule has 0 N–H and O–H groups in total. The zero-order valence-corrected chi connectivity index (χ0v) is 13.9. The summed E-state index contributed by atoms with van der Waals surface area (Å²) in [6.07, 6.45) is 4.95. The molecule has 1 nitrogen and oxygen atoms in total. The SMILES string of the molecule is CCc1ccc(C(Br)C2CCOC2CC)cc1CC. The van der Waals surface area contributed by atoms with Gasteiger partial charge in [0.1, 0.15) is 0 Å². The van der Waals surface area contributed by atoms with Crippen molar-refractivity contribution >= 4 is 15.9 Å². The van der Waals surface area contributed by atoms with E-state index in [0.717, 1.165) is 25.9 Å². The summed E-state index contributed by atoms with van der Waals surface area (Å²) in [6.45, 7) is 7.62. The summed E-state index contributed by atoms with van der Waals surface area (Å²) in [5.41, 5.74) is 4.40. The zero-order valence-electron chi connectivity index (χ0n) is 12.3. The van der Waals surface area contributed by atoms with Crippen LogP contribution in [0.4, 0.5) is 0 Å². The molecule has 0 spiro atoms. The van der Waals surface area contributed by atoms with Gasteiger partial charge in [-0.05, 0) is 42.4 Å². The van der Waals surface area contributed by atoms with Crippen LogP contribution in [0.1, 0.15) is 55.1 Å². The third-order valence-electron chi connectivity index (χ3n) is 4.35.